The van der Waals surface area contributed by atoms with Gasteiger partial charge >= 0.3 is 0 Å². The van der Waals surface area contributed by atoms with Gasteiger partial charge in [0.25, 0.3) is 0 Å². The van der Waals surface area contributed by atoms with E-state index in [1.165, 1.54) is 36.2 Å². The average molecular weight is 203 g/mol. The molecule has 0 spiro atoms. The lowest BCUT2D eigenvalue weighted by molar-refractivity contribution is 0.506. The molecule has 0 aromatic heterocycles. The summed E-state index contributed by atoms with van der Waals surface area (Å²) in [4.78, 5) is 2.35. The molecule has 0 fully saturated rings. The molecule has 82 valence electrons. The van der Waals surface area contributed by atoms with Gasteiger partial charge in [0.05, 0.1) is 0 Å². The summed E-state index contributed by atoms with van der Waals surface area (Å²) in [5.74, 6) is 0. The molecule has 0 N–H and O–H groups in total. The minimum absolute atomic E-state index is 0.316. The molecule has 0 unspecified atom stereocenters. The van der Waals surface area contributed by atoms with Crippen LogP contribution in [-0.4, -0.2) is 13.6 Å². The van der Waals surface area contributed by atoms with Crippen molar-refractivity contribution >= 4 is 5.69 Å². The van der Waals surface area contributed by atoms with Gasteiger partial charge in [-0.3, -0.25) is 0 Å². The highest BCUT2D eigenvalue weighted by Gasteiger charge is 2.22. The maximum atomic E-state index is 2.41. The molecule has 15 heavy (non-hydrogen) atoms. The van der Waals surface area contributed by atoms with Crippen LogP contribution in [0.1, 0.15) is 38.3 Å². The third kappa shape index (κ3) is 1.75. The van der Waals surface area contributed by atoms with E-state index in [1.807, 2.05) is 0 Å². The summed E-state index contributed by atoms with van der Waals surface area (Å²) in [6.07, 6.45) is 2.40. The van der Waals surface area contributed by atoms with E-state index in [0.29, 0.717) is 5.41 Å². The van der Waals surface area contributed by atoms with Crippen molar-refractivity contribution in [1.82, 2.24) is 0 Å². The van der Waals surface area contributed by atoms with Crippen molar-refractivity contribution in [3.8, 4) is 0 Å². The summed E-state index contributed by atoms with van der Waals surface area (Å²) in [5.41, 5.74) is 4.75. The van der Waals surface area contributed by atoms with E-state index in [9.17, 15) is 0 Å². The van der Waals surface area contributed by atoms with Gasteiger partial charge in [0, 0.05) is 19.3 Å². The van der Waals surface area contributed by atoms with E-state index in [2.05, 4.69) is 50.9 Å². The number of rotatable bonds is 2. The second kappa shape index (κ2) is 3.55. The van der Waals surface area contributed by atoms with Crippen LogP contribution in [0.2, 0.25) is 0 Å². The molecule has 1 heterocycles. The van der Waals surface area contributed by atoms with Gasteiger partial charge in [0.15, 0.2) is 0 Å². The molecular weight excluding hydrogens is 182 g/mol. The van der Waals surface area contributed by atoms with Crippen molar-refractivity contribution in [2.24, 2.45) is 0 Å². The van der Waals surface area contributed by atoms with Crippen molar-refractivity contribution in [3.05, 3.63) is 29.3 Å². The first-order chi connectivity index (χ1) is 7.04. The largest absolute Gasteiger partial charge is 0.374 e. The van der Waals surface area contributed by atoms with Gasteiger partial charge in [-0.05, 0) is 35.4 Å². The molecule has 1 aromatic rings. The van der Waals surface area contributed by atoms with Gasteiger partial charge in [0.2, 0.25) is 0 Å². The molecule has 0 bridgehead atoms. The predicted molar refractivity (Wildman–Crippen MR) is 66.7 cm³/mol. The molecule has 1 aliphatic heterocycles. The Labute approximate surface area is 93.1 Å². The van der Waals surface area contributed by atoms with Crippen molar-refractivity contribution in [3.63, 3.8) is 0 Å². The SMILES string of the molecule is CCC(C)(C)c1ccc2c(c1)CCN2C. The maximum absolute atomic E-state index is 2.41. The Morgan fingerprint density at radius 3 is 2.73 bits per heavy atom. The van der Waals surface area contributed by atoms with Crippen LogP contribution in [0.5, 0.6) is 0 Å². The van der Waals surface area contributed by atoms with Crippen LogP contribution >= 0.6 is 0 Å². The molecule has 1 heteroatoms. The maximum Gasteiger partial charge on any atom is 0.0397 e. The van der Waals surface area contributed by atoms with Gasteiger partial charge in [-0.2, -0.15) is 0 Å². The fourth-order valence-electron chi connectivity index (χ4n) is 2.19. The van der Waals surface area contributed by atoms with Crippen LogP contribution in [0.3, 0.4) is 0 Å². The van der Waals surface area contributed by atoms with Gasteiger partial charge in [0.1, 0.15) is 0 Å². The van der Waals surface area contributed by atoms with Crippen LogP contribution in [0, 0.1) is 0 Å². The van der Waals surface area contributed by atoms with E-state index >= 15 is 0 Å². The van der Waals surface area contributed by atoms with Crippen LogP contribution in [0.25, 0.3) is 0 Å². The van der Waals surface area contributed by atoms with Crippen LogP contribution in [-0.2, 0) is 11.8 Å². The Hall–Kier alpha value is -0.980. The molecule has 1 aliphatic rings. The minimum Gasteiger partial charge on any atom is -0.374 e. The second-order valence-corrected chi connectivity index (χ2v) is 5.25. The van der Waals surface area contributed by atoms with Crippen LogP contribution in [0.15, 0.2) is 18.2 Å². The summed E-state index contributed by atoms with van der Waals surface area (Å²) in [6, 6.07) is 6.99. The van der Waals surface area contributed by atoms with Crippen molar-refractivity contribution < 1.29 is 0 Å². The average Bonchev–Trinajstić information content (AvgIpc) is 2.60. The van der Waals surface area contributed by atoms with E-state index < -0.39 is 0 Å². The van der Waals surface area contributed by atoms with Gasteiger partial charge in [-0.1, -0.05) is 32.9 Å². The summed E-state index contributed by atoms with van der Waals surface area (Å²) < 4.78 is 0. The number of hydrogen-bond acceptors (Lipinski definition) is 1. The lowest BCUT2D eigenvalue weighted by Gasteiger charge is -2.24. The second-order valence-electron chi connectivity index (χ2n) is 5.25. The summed E-state index contributed by atoms with van der Waals surface area (Å²) >= 11 is 0. The lowest BCUT2D eigenvalue weighted by atomic mass is 9.81. The third-order valence-electron chi connectivity index (χ3n) is 3.87. The monoisotopic (exact) mass is 203 g/mol. The van der Waals surface area contributed by atoms with Crippen molar-refractivity contribution in [2.75, 3.05) is 18.5 Å². The molecule has 0 saturated heterocycles. The highest BCUT2D eigenvalue weighted by molar-refractivity contribution is 5.59. The Kier molecular flexibility index (Phi) is 2.49. The van der Waals surface area contributed by atoms with E-state index in [0.717, 1.165) is 0 Å². The van der Waals surface area contributed by atoms with Gasteiger partial charge in [-0.15, -0.1) is 0 Å². The molecule has 1 aromatic carbocycles. The molecule has 0 amide bonds. The molecular formula is C14H21N. The number of nitrogens with zero attached hydrogens (tertiary/aromatic N) is 1. The van der Waals surface area contributed by atoms with E-state index in [4.69, 9.17) is 0 Å². The number of hydrogen-bond donors (Lipinski definition) is 0. The highest BCUT2D eigenvalue weighted by Crippen LogP contribution is 2.33. The zero-order valence-electron chi connectivity index (χ0n) is 10.3. The molecule has 0 saturated carbocycles. The quantitative estimate of drug-likeness (QED) is 0.712. The van der Waals surface area contributed by atoms with E-state index in [1.54, 1.807) is 0 Å². The van der Waals surface area contributed by atoms with Crippen LogP contribution in [0.4, 0.5) is 5.69 Å². The first kappa shape index (κ1) is 10.5. The Morgan fingerprint density at radius 2 is 2.07 bits per heavy atom. The van der Waals surface area contributed by atoms with Gasteiger partial charge in [-0.25, -0.2) is 0 Å². The van der Waals surface area contributed by atoms with Crippen molar-refractivity contribution in [2.45, 2.75) is 39.0 Å². The molecule has 2 rings (SSSR count). The highest BCUT2D eigenvalue weighted by atomic mass is 15.1. The number of anilines is 1. The summed E-state index contributed by atoms with van der Waals surface area (Å²) in [7, 11) is 2.18. The fraction of sp³-hybridized carbons (Fsp3) is 0.571. The topological polar surface area (TPSA) is 3.24 Å². The number of fused-ring (bicyclic) bond motifs is 1. The van der Waals surface area contributed by atoms with Crippen LogP contribution < -0.4 is 4.90 Å². The summed E-state index contributed by atoms with van der Waals surface area (Å²) in [5, 5.41) is 0. The fourth-order valence-corrected chi connectivity index (χ4v) is 2.19. The predicted octanol–water partition coefficient (Wildman–Crippen LogP) is 3.37. The van der Waals surface area contributed by atoms with E-state index in [-0.39, 0.29) is 0 Å². The minimum atomic E-state index is 0.316. The smallest absolute Gasteiger partial charge is 0.0397 e. The molecule has 1 nitrogen and oxygen atoms in total. The first-order valence-electron chi connectivity index (χ1n) is 5.89. The zero-order chi connectivity index (χ0) is 11.1. The van der Waals surface area contributed by atoms with Crippen molar-refractivity contribution in [1.29, 1.82) is 0 Å². The third-order valence-corrected chi connectivity index (χ3v) is 3.87. The lowest BCUT2D eigenvalue weighted by Crippen LogP contribution is -2.16. The van der Waals surface area contributed by atoms with Gasteiger partial charge < -0.3 is 4.90 Å². The number of benzene rings is 1. The molecule has 0 atom stereocenters. The summed E-state index contributed by atoms with van der Waals surface area (Å²) in [6.45, 7) is 8.09. The number of likely N-dealkylation sites (N-methyl/N-ethyl adjacent to an activating group) is 1. The zero-order valence-corrected chi connectivity index (χ0v) is 10.3. The molecule has 0 radical (unpaired) electrons. The normalized spacial score (nSPS) is 15.6. The Morgan fingerprint density at radius 1 is 1.33 bits per heavy atom. The molecule has 0 aliphatic carbocycles. The Bertz CT molecular complexity index is 366. The Balaban J connectivity index is 2.39. The first-order valence-corrected chi connectivity index (χ1v) is 5.89. The standard InChI is InChI=1S/C14H21N/c1-5-14(2,3)12-6-7-13-11(10-12)8-9-15(13)4/h6-7,10H,5,8-9H2,1-4H3.